The lowest BCUT2D eigenvalue weighted by atomic mass is 10.1. The number of guanidine groups is 1. The average molecular weight is 342 g/mol. The molecule has 7 heteroatoms. The molecule has 1 aromatic rings. The predicted molar refractivity (Wildman–Crippen MR) is 89.3 cm³/mol. The van der Waals surface area contributed by atoms with Crippen molar-refractivity contribution >= 4 is 27.4 Å². The second kappa shape index (κ2) is 6.08. The van der Waals surface area contributed by atoms with Crippen LogP contribution in [0.25, 0.3) is 0 Å². The van der Waals surface area contributed by atoms with Crippen LogP contribution in [0.4, 0.5) is 0 Å². The predicted octanol–water partition coefficient (Wildman–Crippen LogP) is 1.55. The van der Waals surface area contributed by atoms with Crippen molar-refractivity contribution in [3.63, 3.8) is 0 Å². The van der Waals surface area contributed by atoms with Crippen molar-refractivity contribution < 1.29 is 8.42 Å². The summed E-state index contributed by atoms with van der Waals surface area (Å²) < 4.78 is 23.0. The third-order valence-electron chi connectivity index (χ3n) is 4.19. The Balaban J connectivity index is 1.55. The number of hydrogen-bond donors (Lipinski definition) is 2. The van der Waals surface area contributed by atoms with Gasteiger partial charge in [-0.25, -0.2) is 8.42 Å². The van der Waals surface area contributed by atoms with Gasteiger partial charge in [-0.3, -0.25) is 4.99 Å². The van der Waals surface area contributed by atoms with E-state index in [-0.39, 0.29) is 17.5 Å². The molecule has 120 valence electrons. The number of benzene rings is 1. The average Bonchev–Trinajstić information content (AvgIpc) is 3.15. The summed E-state index contributed by atoms with van der Waals surface area (Å²) in [5, 5.41) is 7.33. The number of sulfone groups is 1. The van der Waals surface area contributed by atoms with E-state index in [9.17, 15) is 8.42 Å². The van der Waals surface area contributed by atoms with Crippen molar-refractivity contribution in [1.29, 1.82) is 0 Å². The van der Waals surface area contributed by atoms with Crippen molar-refractivity contribution in [2.75, 3.05) is 18.6 Å². The van der Waals surface area contributed by atoms with Crippen molar-refractivity contribution in [1.82, 2.24) is 10.6 Å². The maximum Gasteiger partial charge on any atom is 0.191 e. The Morgan fingerprint density at radius 1 is 1.36 bits per heavy atom. The van der Waals surface area contributed by atoms with Crippen molar-refractivity contribution in [2.45, 2.75) is 30.8 Å². The van der Waals surface area contributed by atoms with Crippen LogP contribution in [0, 0.1) is 0 Å². The molecule has 0 bridgehead atoms. The van der Waals surface area contributed by atoms with E-state index in [1.807, 2.05) is 18.2 Å². The van der Waals surface area contributed by atoms with Crippen LogP contribution in [-0.2, 0) is 9.84 Å². The van der Waals surface area contributed by atoms with Crippen LogP contribution in [0.3, 0.4) is 0 Å². The molecule has 5 nitrogen and oxygen atoms in total. The summed E-state index contributed by atoms with van der Waals surface area (Å²) in [6.07, 6.45) is 1.68. The molecule has 1 aromatic carbocycles. The number of hydrogen-bond acceptors (Lipinski definition) is 3. The SMILES string of the molecule is CN=C(NC1CCS(=O)(=O)C1)NC1CC1c1cccc(Cl)c1. The molecule has 1 saturated carbocycles. The Hall–Kier alpha value is -1.27. The molecule has 3 rings (SSSR count). The van der Waals surface area contributed by atoms with E-state index in [4.69, 9.17) is 11.6 Å². The Morgan fingerprint density at radius 2 is 2.18 bits per heavy atom. The van der Waals surface area contributed by atoms with Gasteiger partial charge in [0.05, 0.1) is 11.5 Å². The monoisotopic (exact) mass is 341 g/mol. The number of halogens is 1. The third kappa shape index (κ3) is 3.73. The lowest BCUT2D eigenvalue weighted by Crippen LogP contribution is -2.45. The molecule has 0 amide bonds. The molecule has 2 fully saturated rings. The van der Waals surface area contributed by atoms with Crippen molar-refractivity contribution in [3.8, 4) is 0 Å². The first kappa shape index (κ1) is 15.6. The van der Waals surface area contributed by atoms with Crippen LogP contribution in [0.2, 0.25) is 5.02 Å². The summed E-state index contributed by atoms with van der Waals surface area (Å²) in [6.45, 7) is 0. The van der Waals surface area contributed by atoms with Gasteiger partial charge in [0.2, 0.25) is 0 Å². The maximum atomic E-state index is 11.5. The summed E-state index contributed by atoms with van der Waals surface area (Å²) in [5.74, 6) is 1.56. The quantitative estimate of drug-likeness (QED) is 0.646. The van der Waals surface area contributed by atoms with Crippen molar-refractivity contribution in [3.05, 3.63) is 34.9 Å². The van der Waals surface area contributed by atoms with Gasteiger partial charge < -0.3 is 10.6 Å². The molecule has 2 aliphatic rings. The number of nitrogens with one attached hydrogen (secondary N) is 2. The zero-order chi connectivity index (χ0) is 15.7. The fourth-order valence-electron chi connectivity index (χ4n) is 2.91. The first-order chi connectivity index (χ1) is 10.5. The first-order valence-corrected chi connectivity index (χ1v) is 9.62. The molecule has 1 saturated heterocycles. The van der Waals surface area contributed by atoms with Gasteiger partial charge in [0, 0.05) is 30.1 Å². The van der Waals surface area contributed by atoms with E-state index in [1.54, 1.807) is 7.05 Å². The van der Waals surface area contributed by atoms with E-state index < -0.39 is 9.84 Å². The Bertz CT molecular complexity index is 690. The first-order valence-electron chi connectivity index (χ1n) is 7.42. The normalized spacial score (nSPS) is 30.1. The minimum atomic E-state index is -2.88. The Morgan fingerprint density at radius 3 is 2.82 bits per heavy atom. The minimum absolute atomic E-state index is 0.0421. The molecular weight excluding hydrogens is 322 g/mol. The molecule has 0 aromatic heterocycles. The molecule has 1 heterocycles. The second-order valence-corrected chi connectivity index (χ2v) is 8.63. The fourth-order valence-corrected chi connectivity index (χ4v) is 4.78. The molecule has 1 aliphatic heterocycles. The summed E-state index contributed by atoms with van der Waals surface area (Å²) in [7, 11) is -1.18. The fraction of sp³-hybridized carbons (Fsp3) is 0.533. The standard InChI is InChI=1S/C15H20ClN3O2S/c1-17-15(18-12-5-6-22(20,21)9-12)19-14-8-13(14)10-3-2-4-11(16)7-10/h2-4,7,12-14H,5-6,8-9H2,1H3,(H2,17,18,19). The second-order valence-electron chi connectivity index (χ2n) is 5.96. The van der Waals surface area contributed by atoms with Crippen molar-refractivity contribution in [2.24, 2.45) is 4.99 Å². The number of rotatable bonds is 3. The third-order valence-corrected chi connectivity index (χ3v) is 6.19. The molecular formula is C15H20ClN3O2S. The lowest BCUT2D eigenvalue weighted by molar-refractivity contribution is 0.599. The van der Waals surface area contributed by atoms with Crippen LogP contribution in [0.1, 0.15) is 24.3 Å². The maximum absolute atomic E-state index is 11.5. The van der Waals surface area contributed by atoms with E-state index in [0.717, 1.165) is 11.4 Å². The number of aliphatic imine (C=N–C) groups is 1. The molecule has 1 aliphatic carbocycles. The van der Waals surface area contributed by atoms with E-state index in [1.165, 1.54) is 5.56 Å². The molecule has 0 spiro atoms. The van der Waals surface area contributed by atoms with E-state index in [2.05, 4.69) is 21.7 Å². The molecule has 3 unspecified atom stereocenters. The van der Waals surface area contributed by atoms with E-state index >= 15 is 0 Å². The summed E-state index contributed by atoms with van der Waals surface area (Å²) in [6, 6.07) is 8.19. The van der Waals surface area contributed by atoms with Crippen LogP contribution < -0.4 is 10.6 Å². The van der Waals surface area contributed by atoms with Crippen LogP contribution in [0.15, 0.2) is 29.3 Å². The van der Waals surface area contributed by atoms with Gasteiger partial charge >= 0.3 is 0 Å². The zero-order valence-corrected chi connectivity index (χ0v) is 14.0. The zero-order valence-electron chi connectivity index (χ0n) is 12.4. The largest absolute Gasteiger partial charge is 0.353 e. The molecule has 2 N–H and O–H groups in total. The Kier molecular flexibility index (Phi) is 4.32. The summed E-state index contributed by atoms with van der Waals surface area (Å²) in [5.41, 5.74) is 1.23. The summed E-state index contributed by atoms with van der Waals surface area (Å²) in [4.78, 5) is 4.20. The molecule has 3 atom stereocenters. The number of nitrogens with zero attached hydrogens (tertiary/aromatic N) is 1. The minimum Gasteiger partial charge on any atom is -0.353 e. The van der Waals surface area contributed by atoms with Gasteiger partial charge in [-0.15, -0.1) is 0 Å². The van der Waals surface area contributed by atoms with Gasteiger partial charge in [-0.1, -0.05) is 23.7 Å². The lowest BCUT2D eigenvalue weighted by Gasteiger charge is -2.16. The van der Waals surface area contributed by atoms with Gasteiger partial charge in [-0.05, 0) is 30.5 Å². The van der Waals surface area contributed by atoms with Gasteiger partial charge in [-0.2, -0.15) is 0 Å². The highest BCUT2D eigenvalue weighted by Gasteiger charge is 2.39. The smallest absolute Gasteiger partial charge is 0.191 e. The van der Waals surface area contributed by atoms with Gasteiger partial charge in [0.25, 0.3) is 0 Å². The van der Waals surface area contributed by atoms with E-state index in [0.29, 0.717) is 24.3 Å². The summed E-state index contributed by atoms with van der Waals surface area (Å²) >= 11 is 6.02. The molecule has 22 heavy (non-hydrogen) atoms. The molecule has 0 radical (unpaired) electrons. The van der Waals surface area contributed by atoms with Crippen LogP contribution in [0.5, 0.6) is 0 Å². The van der Waals surface area contributed by atoms with Gasteiger partial charge in [0.1, 0.15) is 0 Å². The topological polar surface area (TPSA) is 70.6 Å². The highest BCUT2D eigenvalue weighted by molar-refractivity contribution is 7.91. The highest BCUT2D eigenvalue weighted by Crippen LogP contribution is 2.41. The highest BCUT2D eigenvalue weighted by atomic mass is 35.5. The van der Waals surface area contributed by atoms with Crippen LogP contribution >= 0.6 is 11.6 Å². The van der Waals surface area contributed by atoms with Gasteiger partial charge in [0.15, 0.2) is 15.8 Å². The Labute approximate surface area is 136 Å². The van der Waals surface area contributed by atoms with Crippen LogP contribution in [-0.4, -0.2) is 45.0 Å².